The molecular formula is C13H20N6. The number of hydrogen-bond acceptors (Lipinski definition) is 5. The van der Waals surface area contributed by atoms with Gasteiger partial charge in [-0.05, 0) is 33.9 Å². The van der Waals surface area contributed by atoms with Gasteiger partial charge >= 0.3 is 0 Å². The molecule has 102 valence electrons. The lowest BCUT2D eigenvalue weighted by molar-refractivity contribution is 0.360. The highest BCUT2D eigenvalue weighted by Crippen LogP contribution is 2.18. The zero-order valence-corrected chi connectivity index (χ0v) is 11.8. The zero-order valence-electron chi connectivity index (χ0n) is 11.8. The highest BCUT2D eigenvalue weighted by molar-refractivity contribution is 5.47. The lowest BCUT2D eigenvalue weighted by atomic mass is 10.3. The molecule has 6 heteroatoms. The number of aryl methyl sites for hydroxylation is 2. The van der Waals surface area contributed by atoms with E-state index in [4.69, 9.17) is 0 Å². The third kappa shape index (κ3) is 2.40. The van der Waals surface area contributed by atoms with E-state index in [9.17, 15) is 0 Å². The first kappa shape index (κ1) is 12.3. The molecule has 19 heavy (non-hydrogen) atoms. The highest BCUT2D eigenvalue weighted by Gasteiger charge is 2.17. The Bertz CT molecular complexity index is 590. The topological polar surface area (TPSA) is 49.6 Å². The Labute approximate surface area is 113 Å². The van der Waals surface area contributed by atoms with E-state index < -0.39 is 0 Å². The molecule has 1 aliphatic rings. The Balaban J connectivity index is 2.03. The lowest BCUT2D eigenvalue weighted by Crippen LogP contribution is -2.30. The quantitative estimate of drug-likeness (QED) is 0.762. The number of aromatic nitrogens is 4. The molecule has 0 saturated carbocycles. The van der Waals surface area contributed by atoms with Gasteiger partial charge in [0.25, 0.3) is 5.78 Å². The van der Waals surface area contributed by atoms with Crippen molar-refractivity contribution in [2.24, 2.45) is 0 Å². The maximum atomic E-state index is 4.47. The fourth-order valence-corrected chi connectivity index (χ4v) is 2.57. The third-order valence-electron chi connectivity index (χ3n) is 3.57. The van der Waals surface area contributed by atoms with Crippen molar-refractivity contribution in [2.75, 3.05) is 38.1 Å². The van der Waals surface area contributed by atoms with Gasteiger partial charge in [-0.25, -0.2) is 4.98 Å². The monoisotopic (exact) mass is 260 g/mol. The summed E-state index contributed by atoms with van der Waals surface area (Å²) in [5.74, 6) is 2.58. The average molecular weight is 260 g/mol. The summed E-state index contributed by atoms with van der Waals surface area (Å²) in [5.41, 5.74) is 0.993. The number of fused-ring (bicyclic) bond motifs is 1. The summed E-state index contributed by atoms with van der Waals surface area (Å²) >= 11 is 0. The number of nitrogens with zero attached hydrogens (tertiary/aromatic N) is 6. The first-order chi connectivity index (χ1) is 9.13. The largest absolute Gasteiger partial charge is 0.355 e. The maximum absolute atomic E-state index is 4.47. The third-order valence-corrected chi connectivity index (χ3v) is 3.57. The van der Waals surface area contributed by atoms with Gasteiger partial charge in [0.05, 0.1) is 0 Å². The van der Waals surface area contributed by atoms with Crippen molar-refractivity contribution in [1.29, 1.82) is 0 Å². The fraction of sp³-hybridized carbons (Fsp3) is 0.615. The molecule has 1 fully saturated rings. The van der Waals surface area contributed by atoms with Crippen LogP contribution in [0.25, 0.3) is 5.78 Å². The predicted molar refractivity (Wildman–Crippen MR) is 74.6 cm³/mol. The van der Waals surface area contributed by atoms with E-state index in [0.717, 1.165) is 43.5 Å². The second-order valence-corrected chi connectivity index (χ2v) is 5.27. The van der Waals surface area contributed by atoms with Crippen LogP contribution in [0.1, 0.15) is 17.9 Å². The van der Waals surface area contributed by atoms with Gasteiger partial charge in [0.15, 0.2) is 0 Å². The highest BCUT2D eigenvalue weighted by atomic mass is 15.4. The summed E-state index contributed by atoms with van der Waals surface area (Å²) in [5, 5.41) is 4.47. The van der Waals surface area contributed by atoms with Crippen molar-refractivity contribution in [3.63, 3.8) is 0 Å². The van der Waals surface area contributed by atoms with Crippen molar-refractivity contribution < 1.29 is 0 Å². The minimum absolute atomic E-state index is 0.699. The van der Waals surface area contributed by atoms with Gasteiger partial charge in [0, 0.05) is 31.4 Å². The molecule has 0 aliphatic carbocycles. The van der Waals surface area contributed by atoms with Gasteiger partial charge < -0.3 is 9.80 Å². The van der Waals surface area contributed by atoms with Crippen LogP contribution in [0.15, 0.2) is 6.07 Å². The van der Waals surface area contributed by atoms with Crippen molar-refractivity contribution >= 4 is 11.6 Å². The Hall–Kier alpha value is -1.69. The molecule has 6 nitrogen and oxygen atoms in total. The van der Waals surface area contributed by atoms with E-state index in [2.05, 4.69) is 38.0 Å². The normalized spacial score (nSPS) is 17.9. The van der Waals surface area contributed by atoms with Crippen molar-refractivity contribution in [2.45, 2.75) is 20.3 Å². The van der Waals surface area contributed by atoms with Gasteiger partial charge in [-0.2, -0.15) is 9.50 Å². The molecular weight excluding hydrogens is 240 g/mol. The van der Waals surface area contributed by atoms with Gasteiger partial charge in [-0.3, -0.25) is 0 Å². The van der Waals surface area contributed by atoms with Crippen LogP contribution < -0.4 is 4.90 Å². The lowest BCUT2D eigenvalue weighted by Gasteiger charge is -2.23. The minimum atomic E-state index is 0.699. The molecule has 0 bridgehead atoms. The fourth-order valence-electron chi connectivity index (χ4n) is 2.57. The first-order valence-electron chi connectivity index (χ1n) is 6.78. The van der Waals surface area contributed by atoms with Gasteiger partial charge in [-0.1, -0.05) is 0 Å². The van der Waals surface area contributed by atoms with E-state index in [0.29, 0.717) is 5.78 Å². The van der Waals surface area contributed by atoms with Gasteiger partial charge in [0.1, 0.15) is 11.6 Å². The standard InChI is InChI=1S/C13H20N6/c1-10-9-12(18-6-4-5-17(3)7-8-18)19-13(14-10)15-11(2)16-19/h9H,4-8H2,1-3H3. The average Bonchev–Trinajstić information content (AvgIpc) is 2.58. The van der Waals surface area contributed by atoms with Gasteiger partial charge in [-0.15, -0.1) is 5.10 Å². The molecule has 0 spiro atoms. The smallest absolute Gasteiger partial charge is 0.254 e. The van der Waals surface area contributed by atoms with Crippen LogP contribution in [-0.2, 0) is 0 Å². The molecule has 0 atom stereocenters. The molecule has 1 aliphatic heterocycles. The van der Waals surface area contributed by atoms with E-state index >= 15 is 0 Å². The number of rotatable bonds is 1. The SMILES string of the molecule is Cc1cc(N2CCCN(C)CC2)n2nc(C)nc2n1. The zero-order chi connectivity index (χ0) is 13.4. The van der Waals surface area contributed by atoms with Crippen molar-refractivity contribution in [3.8, 4) is 0 Å². The van der Waals surface area contributed by atoms with Crippen LogP contribution in [0.4, 0.5) is 5.82 Å². The Kier molecular flexibility index (Phi) is 3.10. The molecule has 2 aromatic rings. The van der Waals surface area contributed by atoms with Crippen molar-refractivity contribution in [3.05, 3.63) is 17.6 Å². The molecule has 0 aromatic carbocycles. The summed E-state index contributed by atoms with van der Waals surface area (Å²) in [6.07, 6.45) is 1.17. The van der Waals surface area contributed by atoms with Crippen LogP contribution in [0.3, 0.4) is 0 Å². The molecule has 1 saturated heterocycles. The van der Waals surface area contributed by atoms with E-state index in [1.807, 2.05) is 18.4 Å². The van der Waals surface area contributed by atoms with E-state index in [-0.39, 0.29) is 0 Å². The molecule has 0 radical (unpaired) electrons. The number of anilines is 1. The Morgan fingerprint density at radius 3 is 2.74 bits per heavy atom. The Morgan fingerprint density at radius 2 is 1.89 bits per heavy atom. The number of likely N-dealkylation sites (N-methyl/N-ethyl adjacent to an activating group) is 1. The van der Waals surface area contributed by atoms with Crippen LogP contribution in [-0.4, -0.2) is 57.7 Å². The predicted octanol–water partition coefficient (Wildman–Crippen LogP) is 0.883. The summed E-state index contributed by atoms with van der Waals surface area (Å²) < 4.78 is 1.87. The molecule has 0 N–H and O–H groups in total. The molecule has 0 amide bonds. The molecule has 0 unspecified atom stereocenters. The molecule has 2 aromatic heterocycles. The minimum Gasteiger partial charge on any atom is -0.355 e. The van der Waals surface area contributed by atoms with Crippen LogP contribution >= 0.6 is 0 Å². The maximum Gasteiger partial charge on any atom is 0.254 e. The van der Waals surface area contributed by atoms with Crippen LogP contribution in [0.2, 0.25) is 0 Å². The summed E-state index contributed by atoms with van der Waals surface area (Å²) in [6, 6.07) is 2.10. The van der Waals surface area contributed by atoms with E-state index in [1.54, 1.807) is 0 Å². The van der Waals surface area contributed by atoms with Crippen LogP contribution in [0.5, 0.6) is 0 Å². The van der Waals surface area contributed by atoms with Crippen molar-refractivity contribution in [1.82, 2.24) is 24.5 Å². The summed E-state index contributed by atoms with van der Waals surface area (Å²) in [4.78, 5) is 13.6. The summed E-state index contributed by atoms with van der Waals surface area (Å²) in [7, 11) is 2.18. The molecule has 3 rings (SSSR count). The first-order valence-corrected chi connectivity index (χ1v) is 6.78. The van der Waals surface area contributed by atoms with E-state index in [1.165, 1.54) is 6.42 Å². The van der Waals surface area contributed by atoms with Gasteiger partial charge in [0.2, 0.25) is 0 Å². The second kappa shape index (κ2) is 4.77. The van der Waals surface area contributed by atoms with Crippen LogP contribution in [0, 0.1) is 13.8 Å². The number of hydrogen-bond donors (Lipinski definition) is 0. The Morgan fingerprint density at radius 1 is 1.05 bits per heavy atom. The molecule has 3 heterocycles. The second-order valence-electron chi connectivity index (χ2n) is 5.27. The summed E-state index contributed by atoms with van der Waals surface area (Å²) in [6.45, 7) is 8.23.